The molecule has 0 radical (unpaired) electrons. The van der Waals surface area contributed by atoms with E-state index in [0.717, 1.165) is 47.8 Å². The first-order chi connectivity index (χ1) is 16.1. The van der Waals surface area contributed by atoms with Crippen LogP contribution in [0.2, 0.25) is 0 Å². The van der Waals surface area contributed by atoms with Gasteiger partial charge in [-0.05, 0) is 56.2 Å². The van der Waals surface area contributed by atoms with Gasteiger partial charge in [0.2, 0.25) is 5.89 Å². The highest BCUT2D eigenvalue weighted by Gasteiger charge is 2.21. The molecule has 1 aliphatic heterocycles. The Bertz CT molecular complexity index is 1160. The number of carbonyl (C=O) groups is 1. The van der Waals surface area contributed by atoms with E-state index in [1.165, 1.54) is 12.7 Å². The topological polar surface area (TPSA) is 88.6 Å². The Balaban J connectivity index is 1.41. The molecule has 0 spiro atoms. The summed E-state index contributed by atoms with van der Waals surface area (Å²) in [5, 5.41) is 8.96. The molecule has 0 bridgehead atoms. The van der Waals surface area contributed by atoms with E-state index >= 15 is 0 Å². The van der Waals surface area contributed by atoms with Crippen LogP contribution in [0.1, 0.15) is 35.4 Å². The van der Waals surface area contributed by atoms with Gasteiger partial charge < -0.3 is 18.8 Å². The normalized spacial score (nSPS) is 12.7. The number of nitrogens with zero attached hydrogens (tertiary/aromatic N) is 3. The summed E-state index contributed by atoms with van der Waals surface area (Å²) in [7, 11) is 1.42. The summed E-state index contributed by atoms with van der Waals surface area (Å²) < 4.78 is 16.8. The lowest BCUT2D eigenvalue weighted by atomic mass is 10.0. The molecule has 0 atom stereocenters. The highest BCUT2D eigenvalue weighted by molar-refractivity contribution is 5.70. The Labute approximate surface area is 193 Å². The predicted molar refractivity (Wildman–Crippen MR) is 124 cm³/mol. The van der Waals surface area contributed by atoms with Gasteiger partial charge in [-0.25, -0.2) is 4.98 Å². The molecule has 0 unspecified atom stereocenters. The molecule has 3 aromatic rings. The molecule has 4 rings (SSSR count). The number of rotatable bonds is 8. The molecule has 1 aliphatic rings. The van der Waals surface area contributed by atoms with Crippen molar-refractivity contribution in [2.75, 3.05) is 31.7 Å². The van der Waals surface area contributed by atoms with Crippen LogP contribution in [0.5, 0.6) is 5.75 Å². The first-order valence-corrected chi connectivity index (χ1v) is 11.1. The average Bonchev–Trinajstić information content (AvgIpc) is 3.23. The fourth-order valence-corrected chi connectivity index (χ4v) is 4.09. The maximum absolute atomic E-state index is 11.6. The lowest BCUT2D eigenvalue weighted by Crippen LogP contribution is -2.31. The van der Waals surface area contributed by atoms with Gasteiger partial charge in [0.25, 0.3) is 0 Å². The van der Waals surface area contributed by atoms with E-state index in [1.54, 1.807) is 12.1 Å². The monoisotopic (exact) mass is 445 g/mol. The van der Waals surface area contributed by atoms with Crippen LogP contribution in [0.4, 0.5) is 5.69 Å². The third-order valence-corrected chi connectivity index (χ3v) is 5.87. The van der Waals surface area contributed by atoms with Crippen LogP contribution >= 0.6 is 0 Å². The first-order valence-electron chi connectivity index (χ1n) is 11.1. The van der Waals surface area contributed by atoms with E-state index in [2.05, 4.69) is 22.0 Å². The van der Waals surface area contributed by atoms with Gasteiger partial charge >= 0.3 is 5.97 Å². The summed E-state index contributed by atoms with van der Waals surface area (Å²) >= 11 is 0. The van der Waals surface area contributed by atoms with Gasteiger partial charge in [-0.3, -0.25) is 4.79 Å². The van der Waals surface area contributed by atoms with Crippen LogP contribution in [-0.2, 0) is 22.4 Å². The number of benzene rings is 2. The predicted octanol–water partition coefficient (Wildman–Crippen LogP) is 4.46. The Morgan fingerprint density at radius 3 is 2.82 bits per heavy atom. The molecular weight excluding hydrogens is 418 g/mol. The number of hydrogen-bond acceptors (Lipinski definition) is 7. The van der Waals surface area contributed by atoms with Gasteiger partial charge in [-0.15, -0.1) is 0 Å². The van der Waals surface area contributed by atoms with Crippen LogP contribution in [0, 0.1) is 18.3 Å². The Hall–Kier alpha value is -3.79. The fourth-order valence-electron chi connectivity index (χ4n) is 4.09. The number of carbonyl (C=O) groups excluding carboxylic acids is 1. The molecule has 1 aromatic heterocycles. The summed E-state index contributed by atoms with van der Waals surface area (Å²) in [5.41, 5.74) is 4.62. The van der Waals surface area contributed by atoms with Gasteiger partial charge in [0, 0.05) is 36.3 Å². The molecule has 0 saturated heterocycles. The third kappa shape index (κ3) is 5.17. The molecule has 170 valence electrons. The standard InChI is InChI=1S/C26H27N3O4/c1-18-22(28-26(33-18)20-10-8-19(17-27)9-11-20)13-16-32-24-7-3-6-23-21(24)5-4-14-29(23)15-12-25(30)31-2/h3,6-11H,4-5,12-16H2,1-2H3. The zero-order chi connectivity index (χ0) is 23.2. The smallest absolute Gasteiger partial charge is 0.307 e. The van der Waals surface area contributed by atoms with Gasteiger partial charge in [0.05, 0.1) is 37.5 Å². The number of hydrogen-bond donors (Lipinski definition) is 0. The highest BCUT2D eigenvalue weighted by atomic mass is 16.5. The Morgan fingerprint density at radius 1 is 1.24 bits per heavy atom. The lowest BCUT2D eigenvalue weighted by molar-refractivity contribution is -0.140. The molecule has 0 N–H and O–H groups in total. The van der Waals surface area contributed by atoms with Crippen LogP contribution in [0.3, 0.4) is 0 Å². The molecule has 33 heavy (non-hydrogen) atoms. The van der Waals surface area contributed by atoms with E-state index in [0.29, 0.717) is 37.4 Å². The largest absolute Gasteiger partial charge is 0.493 e. The number of aryl methyl sites for hydroxylation is 1. The molecule has 0 saturated carbocycles. The van der Waals surface area contributed by atoms with Crippen LogP contribution in [0.25, 0.3) is 11.5 Å². The van der Waals surface area contributed by atoms with Crippen molar-refractivity contribution in [1.82, 2.24) is 4.98 Å². The Kier molecular flexibility index (Phi) is 6.94. The quantitative estimate of drug-likeness (QED) is 0.473. The SMILES string of the molecule is COC(=O)CCN1CCCc2c(OCCc3nc(-c4ccc(C#N)cc4)oc3C)cccc21. The van der Waals surface area contributed by atoms with Gasteiger partial charge in [0.15, 0.2) is 0 Å². The number of fused-ring (bicyclic) bond motifs is 1. The molecule has 0 fully saturated rings. The minimum absolute atomic E-state index is 0.196. The van der Waals surface area contributed by atoms with E-state index in [4.69, 9.17) is 19.2 Å². The molecule has 7 heteroatoms. The highest BCUT2D eigenvalue weighted by Crippen LogP contribution is 2.34. The summed E-state index contributed by atoms with van der Waals surface area (Å²) in [5.74, 6) is 1.99. The van der Waals surface area contributed by atoms with Crippen molar-refractivity contribution >= 4 is 11.7 Å². The van der Waals surface area contributed by atoms with Crippen molar-refractivity contribution in [2.45, 2.75) is 32.6 Å². The second-order valence-corrected chi connectivity index (χ2v) is 7.98. The van der Waals surface area contributed by atoms with E-state index in [9.17, 15) is 4.79 Å². The summed E-state index contributed by atoms with van der Waals surface area (Å²) in [4.78, 5) is 18.4. The second-order valence-electron chi connectivity index (χ2n) is 7.98. The summed E-state index contributed by atoms with van der Waals surface area (Å²) in [6.07, 6.45) is 2.96. The lowest BCUT2D eigenvalue weighted by Gasteiger charge is -2.32. The molecule has 2 heterocycles. The number of esters is 1. The van der Waals surface area contributed by atoms with Crippen LogP contribution < -0.4 is 9.64 Å². The number of aromatic nitrogens is 1. The zero-order valence-electron chi connectivity index (χ0n) is 19.0. The van der Waals surface area contributed by atoms with E-state index in [-0.39, 0.29) is 5.97 Å². The Morgan fingerprint density at radius 2 is 2.06 bits per heavy atom. The minimum Gasteiger partial charge on any atom is -0.493 e. The van der Waals surface area contributed by atoms with Crippen LogP contribution in [0.15, 0.2) is 46.9 Å². The van der Waals surface area contributed by atoms with Crippen molar-refractivity contribution in [3.8, 4) is 23.3 Å². The number of methoxy groups -OCH3 is 1. The number of nitriles is 1. The average molecular weight is 446 g/mol. The van der Waals surface area contributed by atoms with Crippen molar-refractivity contribution in [2.24, 2.45) is 0 Å². The van der Waals surface area contributed by atoms with Crippen LogP contribution in [-0.4, -0.2) is 37.8 Å². The molecule has 7 nitrogen and oxygen atoms in total. The third-order valence-electron chi connectivity index (χ3n) is 5.87. The minimum atomic E-state index is -0.196. The van der Waals surface area contributed by atoms with Gasteiger partial charge in [0.1, 0.15) is 11.5 Å². The van der Waals surface area contributed by atoms with E-state index < -0.39 is 0 Å². The van der Waals surface area contributed by atoms with Gasteiger partial charge in [-0.2, -0.15) is 5.26 Å². The molecule has 0 aliphatic carbocycles. The fraction of sp³-hybridized carbons (Fsp3) is 0.346. The van der Waals surface area contributed by atoms with Crippen molar-refractivity contribution in [3.63, 3.8) is 0 Å². The molecule has 2 aromatic carbocycles. The molecule has 0 amide bonds. The molecular formula is C26H27N3O4. The number of anilines is 1. The maximum Gasteiger partial charge on any atom is 0.307 e. The number of oxazole rings is 1. The van der Waals surface area contributed by atoms with Gasteiger partial charge in [-0.1, -0.05) is 6.07 Å². The summed E-state index contributed by atoms with van der Waals surface area (Å²) in [6, 6.07) is 15.4. The van der Waals surface area contributed by atoms with E-state index in [1.807, 2.05) is 31.2 Å². The van der Waals surface area contributed by atoms with Crippen molar-refractivity contribution < 1.29 is 18.7 Å². The second kappa shape index (κ2) is 10.2. The first kappa shape index (κ1) is 22.4. The summed E-state index contributed by atoms with van der Waals surface area (Å²) in [6.45, 7) is 3.95. The van der Waals surface area contributed by atoms with Crippen molar-refractivity contribution in [1.29, 1.82) is 5.26 Å². The van der Waals surface area contributed by atoms with Crippen molar-refractivity contribution in [3.05, 3.63) is 65.0 Å². The maximum atomic E-state index is 11.6. The zero-order valence-corrected chi connectivity index (χ0v) is 19.0. The number of ether oxygens (including phenoxy) is 2.